The fourth-order valence-corrected chi connectivity index (χ4v) is 4.13. The molecule has 2 unspecified atom stereocenters. The zero-order valence-corrected chi connectivity index (χ0v) is 14.2. The van der Waals surface area contributed by atoms with Crippen LogP contribution in [0, 0.1) is 0 Å². The molecule has 0 radical (unpaired) electrons. The Balaban J connectivity index is 1.74. The van der Waals surface area contributed by atoms with E-state index in [-0.39, 0.29) is 17.9 Å². The molecule has 23 heavy (non-hydrogen) atoms. The van der Waals surface area contributed by atoms with Gasteiger partial charge in [0.05, 0.1) is 0 Å². The van der Waals surface area contributed by atoms with Crippen molar-refractivity contribution < 1.29 is 14.4 Å². The minimum Gasteiger partial charge on any atom is -0.336 e. The molecule has 0 bridgehead atoms. The van der Waals surface area contributed by atoms with Crippen molar-refractivity contribution in [2.45, 2.75) is 57.2 Å². The molecule has 7 heteroatoms. The van der Waals surface area contributed by atoms with E-state index in [1.54, 1.807) is 11.8 Å². The van der Waals surface area contributed by atoms with E-state index in [1.807, 2.05) is 14.0 Å². The molecule has 7 nitrogen and oxygen atoms in total. The number of likely N-dealkylation sites (N-methyl/N-ethyl adjacent to an activating group) is 1. The molecule has 128 valence electrons. The van der Waals surface area contributed by atoms with Gasteiger partial charge >= 0.3 is 6.03 Å². The number of amides is 4. The van der Waals surface area contributed by atoms with Gasteiger partial charge in [-0.25, -0.2) is 9.69 Å². The first-order valence-corrected chi connectivity index (χ1v) is 8.50. The standard InChI is InChI=1S/C16H26N4O3/c1-11-10-18(3)8-9-19(11)13(21)12(2)20-14(22)16(17-15(20)23)6-4-5-7-16/h11-12H,4-10H2,1-3H3,(H,17,23). The van der Waals surface area contributed by atoms with Crippen LogP contribution in [0.4, 0.5) is 4.79 Å². The van der Waals surface area contributed by atoms with Crippen LogP contribution >= 0.6 is 0 Å². The first kappa shape index (κ1) is 16.2. The predicted molar refractivity (Wildman–Crippen MR) is 84.7 cm³/mol. The van der Waals surface area contributed by atoms with E-state index in [4.69, 9.17) is 0 Å². The van der Waals surface area contributed by atoms with Crippen LogP contribution < -0.4 is 5.32 Å². The first-order valence-electron chi connectivity index (χ1n) is 8.50. The van der Waals surface area contributed by atoms with Crippen LogP contribution in [0.15, 0.2) is 0 Å². The van der Waals surface area contributed by atoms with E-state index >= 15 is 0 Å². The second-order valence-electron chi connectivity index (χ2n) is 7.21. The molecule has 3 aliphatic rings. The molecular formula is C16H26N4O3. The van der Waals surface area contributed by atoms with Gasteiger partial charge in [0.2, 0.25) is 5.91 Å². The highest BCUT2D eigenvalue weighted by Gasteiger charge is 2.55. The molecule has 4 amide bonds. The lowest BCUT2D eigenvalue weighted by atomic mass is 9.97. The highest BCUT2D eigenvalue weighted by molar-refractivity contribution is 6.10. The summed E-state index contributed by atoms with van der Waals surface area (Å²) < 4.78 is 0. The molecule has 2 atom stereocenters. The normalized spacial score (nSPS) is 29.3. The number of nitrogens with zero attached hydrogens (tertiary/aromatic N) is 3. The van der Waals surface area contributed by atoms with Gasteiger partial charge in [-0.05, 0) is 33.7 Å². The number of hydrogen-bond donors (Lipinski definition) is 1. The summed E-state index contributed by atoms with van der Waals surface area (Å²) in [5, 5.41) is 2.84. The third-order valence-corrected chi connectivity index (χ3v) is 5.51. The lowest BCUT2D eigenvalue weighted by molar-refractivity contribution is -0.145. The van der Waals surface area contributed by atoms with Gasteiger partial charge in [0.15, 0.2) is 0 Å². The van der Waals surface area contributed by atoms with Crippen LogP contribution in [0.5, 0.6) is 0 Å². The van der Waals surface area contributed by atoms with E-state index in [0.29, 0.717) is 19.4 Å². The minimum absolute atomic E-state index is 0.0879. The van der Waals surface area contributed by atoms with E-state index < -0.39 is 17.6 Å². The topological polar surface area (TPSA) is 73.0 Å². The summed E-state index contributed by atoms with van der Waals surface area (Å²) in [6.07, 6.45) is 3.25. The third kappa shape index (κ3) is 2.60. The average molecular weight is 322 g/mol. The van der Waals surface area contributed by atoms with Crippen molar-refractivity contribution in [3.8, 4) is 0 Å². The van der Waals surface area contributed by atoms with Crippen molar-refractivity contribution in [2.24, 2.45) is 0 Å². The Kier molecular flexibility index (Phi) is 4.08. The Morgan fingerprint density at radius 2 is 1.91 bits per heavy atom. The Morgan fingerprint density at radius 3 is 2.52 bits per heavy atom. The van der Waals surface area contributed by atoms with Crippen molar-refractivity contribution in [3.05, 3.63) is 0 Å². The van der Waals surface area contributed by atoms with Gasteiger partial charge in [0.1, 0.15) is 11.6 Å². The second kappa shape index (κ2) is 5.78. The summed E-state index contributed by atoms with van der Waals surface area (Å²) >= 11 is 0. The van der Waals surface area contributed by atoms with Gasteiger partial charge in [0.25, 0.3) is 5.91 Å². The maximum Gasteiger partial charge on any atom is 0.325 e. The van der Waals surface area contributed by atoms with Crippen LogP contribution in [0.25, 0.3) is 0 Å². The highest BCUT2D eigenvalue weighted by Crippen LogP contribution is 2.36. The van der Waals surface area contributed by atoms with Gasteiger partial charge in [-0.2, -0.15) is 0 Å². The van der Waals surface area contributed by atoms with Crippen molar-refractivity contribution in [1.29, 1.82) is 0 Å². The summed E-state index contributed by atoms with van der Waals surface area (Å²) in [7, 11) is 2.03. The molecule has 1 spiro atoms. The Hall–Kier alpha value is -1.63. The monoisotopic (exact) mass is 322 g/mol. The lowest BCUT2D eigenvalue weighted by Crippen LogP contribution is -2.58. The van der Waals surface area contributed by atoms with E-state index in [0.717, 1.165) is 30.8 Å². The van der Waals surface area contributed by atoms with Gasteiger partial charge < -0.3 is 15.1 Å². The summed E-state index contributed by atoms with van der Waals surface area (Å²) in [5.41, 5.74) is -0.751. The van der Waals surface area contributed by atoms with Crippen LogP contribution in [0.1, 0.15) is 39.5 Å². The number of carbonyl (C=O) groups excluding carboxylic acids is 3. The number of carbonyl (C=O) groups is 3. The van der Waals surface area contributed by atoms with Crippen molar-refractivity contribution in [3.63, 3.8) is 0 Å². The lowest BCUT2D eigenvalue weighted by Gasteiger charge is -2.40. The first-order chi connectivity index (χ1) is 10.9. The average Bonchev–Trinajstić information content (AvgIpc) is 3.04. The van der Waals surface area contributed by atoms with Gasteiger partial charge in [-0.1, -0.05) is 12.8 Å². The number of rotatable bonds is 2. The molecule has 2 aliphatic heterocycles. The third-order valence-electron chi connectivity index (χ3n) is 5.51. The number of hydrogen-bond acceptors (Lipinski definition) is 4. The molecular weight excluding hydrogens is 296 g/mol. The number of urea groups is 1. The maximum absolute atomic E-state index is 12.8. The molecule has 2 saturated heterocycles. The fourth-order valence-electron chi connectivity index (χ4n) is 4.13. The summed E-state index contributed by atoms with van der Waals surface area (Å²) in [6.45, 7) is 5.93. The Bertz CT molecular complexity index is 529. The smallest absolute Gasteiger partial charge is 0.325 e. The van der Waals surface area contributed by atoms with Crippen LogP contribution in [0.2, 0.25) is 0 Å². The molecule has 2 heterocycles. The summed E-state index contributed by atoms with van der Waals surface area (Å²) in [6, 6.07) is -1.07. The summed E-state index contributed by atoms with van der Waals surface area (Å²) in [5.74, 6) is -0.355. The van der Waals surface area contributed by atoms with E-state index in [2.05, 4.69) is 10.2 Å². The van der Waals surface area contributed by atoms with E-state index in [1.165, 1.54) is 0 Å². The Labute approximate surface area is 137 Å². The Morgan fingerprint density at radius 1 is 1.26 bits per heavy atom. The molecule has 1 aliphatic carbocycles. The zero-order chi connectivity index (χ0) is 16.8. The predicted octanol–water partition coefficient (Wildman–Crippen LogP) is 0.402. The van der Waals surface area contributed by atoms with Crippen LogP contribution in [-0.4, -0.2) is 76.8 Å². The summed E-state index contributed by atoms with van der Waals surface area (Å²) in [4.78, 5) is 43.0. The maximum atomic E-state index is 12.8. The van der Waals surface area contributed by atoms with Gasteiger partial charge in [-0.15, -0.1) is 0 Å². The zero-order valence-electron chi connectivity index (χ0n) is 14.2. The molecule has 0 aromatic rings. The highest BCUT2D eigenvalue weighted by atomic mass is 16.2. The molecule has 1 N–H and O–H groups in total. The number of piperazine rings is 1. The van der Waals surface area contributed by atoms with Gasteiger partial charge in [-0.3, -0.25) is 9.59 Å². The van der Waals surface area contributed by atoms with Crippen molar-refractivity contribution in [1.82, 2.24) is 20.0 Å². The minimum atomic E-state index is -0.751. The molecule has 3 fully saturated rings. The number of nitrogens with one attached hydrogen (secondary N) is 1. The number of imide groups is 1. The second-order valence-corrected chi connectivity index (χ2v) is 7.21. The fraction of sp³-hybridized carbons (Fsp3) is 0.812. The van der Waals surface area contributed by atoms with Crippen LogP contribution in [-0.2, 0) is 9.59 Å². The largest absolute Gasteiger partial charge is 0.336 e. The SMILES string of the molecule is CC1CN(C)CCN1C(=O)C(C)N1C(=O)NC2(CCCC2)C1=O. The molecule has 0 aromatic carbocycles. The van der Waals surface area contributed by atoms with Gasteiger partial charge in [0, 0.05) is 25.7 Å². The quantitative estimate of drug-likeness (QED) is 0.747. The van der Waals surface area contributed by atoms with Crippen molar-refractivity contribution >= 4 is 17.8 Å². The molecule has 3 rings (SSSR count). The van der Waals surface area contributed by atoms with Crippen LogP contribution in [0.3, 0.4) is 0 Å². The molecule has 1 saturated carbocycles. The molecule has 0 aromatic heterocycles. The van der Waals surface area contributed by atoms with Crippen molar-refractivity contribution in [2.75, 3.05) is 26.7 Å². The van der Waals surface area contributed by atoms with E-state index in [9.17, 15) is 14.4 Å².